The lowest BCUT2D eigenvalue weighted by molar-refractivity contribution is 0.108. The summed E-state index contributed by atoms with van der Waals surface area (Å²) in [6.07, 6.45) is 0. The van der Waals surface area contributed by atoms with Gasteiger partial charge in [-0.15, -0.1) is 11.3 Å². The maximum atomic E-state index is 11.4. The summed E-state index contributed by atoms with van der Waals surface area (Å²) in [5.74, 6) is 0. The minimum absolute atomic E-state index is 0.0337. The van der Waals surface area contributed by atoms with Gasteiger partial charge in [-0.25, -0.2) is 0 Å². The van der Waals surface area contributed by atoms with Crippen LogP contribution >= 0.6 is 22.9 Å². The van der Waals surface area contributed by atoms with Crippen LogP contribution < -0.4 is 0 Å². The van der Waals surface area contributed by atoms with Crippen LogP contribution in [-0.2, 0) is 10.8 Å². The van der Waals surface area contributed by atoms with Gasteiger partial charge in [0.2, 0.25) is 0 Å². The Kier molecular flexibility index (Phi) is 3.56. The van der Waals surface area contributed by atoms with Crippen molar-refractivity contribution in [3.05, 3.63) is 21.4 Å². The second-order valence-electron chi connectivity index (χ2n) is 6.13. The Morgan fingerprint density at radius 1 is 1.12 bits per heavy atom. The van der Waals surface area contributed by atoms with E-state index >= 15 is 0 Å². The smallest absolute Gasteiger partial charge is 0.253 e. The minimum Gasteiger partial charge on any atom is -0.276 e. The fraction of sp³-hybridized carbons (Fsp3) is 0.615. The molecule has 90 valence electrons. The lowest BCUT2D eigenvalue weighted by atomic mass is 9.90. The average Bonchev–Trinajstić information content (AvgIpc) is 2.44. The topological polar surface area (TPSA) is 17.1 Å². The standard InChI is InChI=1S/C13H19ClOS/c1-12(2,3)9-7-8(11(14)15)10(16-9)13(4,5)6/h7H,1-6H3. The van der Waals surface area contributed by atoms with Crippen molar-refractivity contribution < 1.29 is 4.79 Å². The molecule has 1 aromatic heterocycles. The average molecular weight is 259 g/mol. The Morgan fingerprint density at radius 3 is 1.88 bits per heavy atom. The molecule has 0 saturated carbocycles. The fourth-order valence-electron chi connectivity index (χ4n) is 1.46. The van der Waals surface area contributed by atoms with Gasteiger partial charge >= 0.3 is 0 Å². The largest absolute Gasteiger partial charge is 0.276 e. The van der Waals surface area contributed by atoms with Gasteiger partial charge in [0.05, 0.1) is 0 Å². The molecule has 0 N–H and O–H groups in total. The van der Waals surface area contributed by atoms with Gasteiger partial charge in [0.1, 0.15) is 0 Å². The molecule has 1 aromatic rings. The van der Waals surface area contributed by atoms with Crippen molar-refractivity contribution in [3.8, 4) is 0 Å². The highest BCUT2D eigenvalue weighted by molar-refractivity contribution is 7.13. The summed E-state index contributed by atoms with van der Waals surface area (Å²) >= 11 is 7.34. The zero-order valence-corrected chi connectivity index (χ0v) is 12.3. The summed E-state index contributed by atoms with van der Waals surface area (Å²) < 4.78 is 0. The van der Waals surface area contributed by atoms with E-state index in [1.54, 1.807) is 11.3 Å². The van der Waals surface area contributed by atoms with Crippen molar-refractivity contribution >= 4 is 28.2 Å². The Balaban J connectivity index is 3.38. The molecule has 0 bridgehead atoms. The van der Waals surface area contributed by atoms with Crippen LogP contribution in [0.1, 0.15) is 61.7 Å². The molecule has 1 nitrogen and oxygen atoms in total. The van der Waals surface area contributed by atoms with Gasteiger partial charge in [0.15, 0.2) is 0 Å². The van der Waals surface area contributed by atoms with Crippen LogP contribution in [0.2, 0.25) is 0 Å². The van der Waals surface area contributed by atoms with Crippen LogP contribution in [0.25, 0.3) is 0 Å². The van der Waals surface area contributed by atoms with Crippen LogP contribution in [0.4, 0.5) is 0 Å². The van der Waals surface area contributed by atoms with E-state index in [1.807, 2.05) is 6.07 Å². The molecule has 0 aliphatic rings. The van der Waals surface area contributed by atoms with Gasteiger partial charge in [0.25, 0.3) is 5.24 Å². The lowest BCUT2D eigenvalue weighted by Crippen LogP contribution is -2.12. The lowest BCUT2D eigenvalue weighted by Gasteiger charge is -2.18. The molecule has 0 unspecified atom stereocenters. The summed E-state index contributed by atoms with van der Waals surface area (Å²) in [5, 5.41) is -0.350. The molecule has 0 aliphatic carbocycles. The minimum atomic E-state index is -0.350. The molecule has 0 saturated heterocycles. The molecular formula is C13H19ClOS. The molecule has 0 spiro atoms. The van der Waals surface area contributed by atoms with Crippen molar-refractivity contribution in [3.63, 3.8) is 0 Å². The van der Waals surface area contributed by atoms with E-state index in [4.69, 9.17) is 11.6 Å². The van der Waals surface area contributed by atoms with E-state index in [0.29, 0.717) is 5.56 Å². The van der Waals surface area contributed by atoms with E-state index in [1.165, 1.54) is 4.88 Å². The van der Waals surface area contributed by atoms with Gasteiger partial charge in [-0.05, 0) is 28.5 Å². The number of carbonyl (C=O) groups is 1. The van der Waals surface area contributed by atoms with Crippen molar-refractivity contribution in [2.75, 3.05) is 0 Å². The van der Waals surface area contributed by atoms with E-state index in [-0.39, 0.29) is 16.1 Å². The third-order valence-corrected chi connectivity index (χ3v) is 4.55. The van der Waals surface area contributed by atoms with E-state index in [0.717, 1.165) is 4.88 Å². The Morgan fingerprint density at radius 2 is 1.62 bits per heavy atom. The number of rotatable bonds is 1. The summed E-state index contributed by atoms with van der Waals surface area (Å²) in [5.41, 5.74) is 0.702. The first kappa shape index (κ1) is 13.7. The molecule has 1 heterocycles. The van der Waals surface area contributed by atoms with Gasteiger partial charge in [-0.3, -0.25) is 4.79 Å². The van der Waals surface area contributed by atoms with Crippen LogP contribution in [0.3, 0.4) is 0 Å². The van der Waals surface area contributed by atoms with Gasteiger partial charge < -0.3 is 0 Å². The molecule has 0 atom stereocenters. The quantitative estimate of drug-likeness (QED) is 0.666. The van der Waals surface area contributed by atoms with Gasteiger partial charge in [0, 0.05) is 15.3 Å². The number of halogens is 1. The monoisotopic (exact) mass is 258 g/mol. The number of hydrogen-bond acceptors (Lipinski definition) is 2. The third kappa shape index (κ3) is 2.86. The Hall–Kier alpha value is -0.340. The van der Waals surface area contributed by atoms with Crippen LogP contribution in [0.15, 0.2) is 6.07 Å². The van der Waals surface area contributed by atoms with Crippen molar-refractivity contribution in [1.29, 1.82) is 0 Å². The molecule has 0 amide bonds. The SMILES string of the molecule is CC(C)(C)c1cc(C(=O)Cl)c(C(C)(C)C)s1. The summed E-state index contributed by atoms with van der Waals surface area (Å²) in [7, 11) is 0. The van der Waals surface area contributed by atoms with Gasteiger partial charge in [-0.1, -0.05) is 41.5 Å². The fourth-order valence-corrected chi connectivity index (χ4v) is 2.94. The maximum absolute atomic E-state index is 11.4. The summed E-state index contributed by atoms with van der Waals surface area (Å²) in [6, 6.07) is 1.95. The highest BCUT2D eigenvalue weighted by atomic mass is 35.5. The van der Waals surface area contributed by atoms with Crippen molar-refractivity contribution in [2.45, 2.75) is 52.4 Å². The van der Waals surface area contributed by atoms with E-state index in [9.17, 15) is 4.79 Å². The highest BCUT2D eigenvalue weighted by Crippen LogP contribution is 2.39. The molecular weight excluding hydrogens is 240 g/mol. The molecule has 0 fully saturated rings. The third-order valence-electron chi connectivity index (χ3n) is 2.36. The molecule has 0 aliphatic heterocycles. The van der Waals surface area contributed by atoms with Crippen LogP contribution in [-0.4, -0.2) is 5.24 Å². The molecule has 0 aromatic carbocycles. The number of carbonyl (C=O) groups excluding carboxylic acids is 1. The molecule has 16 heavy (non-hydrogen) atoms. The van der Waals surface area contributed by atoms with E-state index in [2.05, 4.69) is 41.5 Å². The zero-order chi connectivity index (χ0) is 12.7. The first-order chi connectivity index (χ1) is 7.03. The van der Waals surface area contributed by atoms with Crippen molar-refractivity contribution in [2.24, 2.45) is 0 Å². The zero-order valence-electron chi connectivity index (χ0n) is 10.8. The second-order valence-corrected chi connectivity index (χ2v) is 7.52. The van der Waals surface area contributed by atoms with Crippen LogP contribution in [0.5, 0.6) is 0 Å². The van der Waals surface area contributed by atoms with Crippen LogP contribution in [0, 0.1) is 0 Å². The van der Waals surface area contributed by atoms with E-state index < -0.39 is 0 Å². The number of thiophene rings is 1. The summed E-state index contributed by atoms with van der Waals surface area (Å²) in [4.78, 5) is 13.7. The first-order valence-electron chi connectivity index (χ1n) is 5.38. The second kappa shape index (κ2) is 4.15. The predicted molar refractivity (Wildman–Crippen MR) is 71.9 cm³/mol. The van der Waals surface area contributed by atoms with Crippen molar-refractivity contribution in [1.82, 2.24) is 0 Å². The molecule has 1 rings (SSSR count). The summed E-state index contributed by atoms with van der Waals surface area (Å²) in [6.45, 7) is 12.8. The number of hydrogen-bond donors (Lipinski definition) is 0. The highest BCUT2D eigenvalue weighted by Gasteiger charge is 2.27. The Bertz CT molecular complexity index is 405. The maximum Gasteiger partial charge on any atom is 0.253 e. The first-order valence-corrected chi connectivity index (χ1v) is 6.57. The Labute approximate surface area is 107 Å². The molecule has 0 radical (unpaired) electrons. The normalized spacial score (nSPS) is 12.9. The van der Waals surface area contributed by atoms with Gasteiger partial charge in [-0.2, -0.15) is 0 Å². The predicted octanol–water partition coefficient (Wildman–Crippen LogP) is 4.72. The molecule has 3 heteroatoms.